The van der Waals surface area contributed by atoms with Crippen molar-refractivity contribution in [2.75, 3.05) is 19.6 Å². The van der Waals surface area contributed by atoms with E-state index >= 15 is 0 Å². The van der Waals surface area contributed by atoms with Gasteiger partial charge in [-0.05, 0) is 42.7 Å². The van der Waals surface area contributed by atoms with Gasteiger partial charge < -0.3 is 10.6 Å². The molecule has 0 atom stereocenters. The van der Waals surface area contributed by atoms with Crippen LogP contribution in [0.15, 0.2) is 48.5 Å². The fourth-order valence-corrected chi connectivity index (χ4v) is 2.42. The van der Waals surface area contributed by atoms with Crippen molar-refractivity contribution in [1.29, 1.82) is 0 Å². The van der Waals surface area contributed by atoms with Crippen molar-refractivity contribution in [1.82, 2.24) is 4.90 Å². The first-order chi connectivity index (χ1) is 10.6. The molecule has 0 spiro atoms. The van der Waals surface area contributed by atoms with Crippen LogP contribution in [-0.4, -0.2) is 30.4 Å². The van der Waals surface area contributed by atoms with Crippen LogP contribution < -0.4 is 5.73 Å². The molecule has 3 nitrogen and oxygen atoms in total. The number of hydrogen-bond acceptors (Lipinski definition) is 2. The molecule has 2 aromatic carbocycles. The summed E-state index contributed by atoms with van der Waals surface area (Å²) in [5.41, 5.74) is 7.88. The van der Waals surface area contributed by atoms with Gasteiger partial charge in [0.1, 0.15) is 5.82 Å². The number of benzene rings is 2. The number of hydrogen-bond donors (Lipinski definition) is 1. The molecular weight excluding hydrogens is 315 g/mol. The van der Waals surface area contributed by atoms with E-state index in [-0.39, 0.29) is 24.1 Å². The Hall–Kier alpha value is -1.91. The van der Waals surface area contributed by atoms with Crippen LogP contribution in [0.4, 0.5) is 4.39 Å². The number of carbonyl (C=O) groups excluding carboxylic acids is 1. The highest BCUT2D eigenvalue weighted by Crippen LogP contribution is 2.12. The third-order valence-corrected chi connectivity index (χ3v) is 3.49. The average molecular weight is 337 g/mol. The molecule has 0 heterocycles. The number of nitrogens with zero attached hydrogens (tertiary/aromatic N) is 1. The van der Waals surface area contributed by atoms with E-state index in [0.29, 0.717) is 25.2 Å². The molecule has 0 saturated heterocycles. The predicted molar refractivity (Wildman–Crippen MR) is 93.5 cm³/mol. The molecule has 2 N–H and O–H groups in total. The lowest BCUT2D eigenvalue weighted by Gasteiger charge is -2.22. The van der Waals surface area contributed by atoms with Crippen molar-refractivity contribution in [3.8, 4) is 0 Å². The summed E-state index contributed by atoms with van der Waals surface area (Å²) >= 11 is 0. The third-order valence-electron chi connectivity index (χ3n) is 3.49. The summed E-state index contributed by atoms with van der Waals surface area (Å²) in [7, 11) is 0. The summed E-state index contributed by atoms with van der Waals surface area (Å²) in [6.07, 6.45) is 0.751. The Labute approximate surface area is 142 Å². The highest BCUT2D eigenvalue weighted by Gasteiger charge is 2.16. The first-order valence-corrected chi connectivity index (χ1v) is 7.40. The molecule has 0 aromatic heterocycles. The minimum absolute atomic E-state index is 0. The lowest BCUT2D eigenvalue weighted by Crippen LogP contribution is -2.37. The van der Waals surface area contributed by atoms with Crippen LogP contribution in [-0.2, 0) is 6.42 Å². The van der Waals surface area contributed by atoms with Crippen molar-refractivity contribution < 1.29 is 9.18 Å². The molecule has 0 bridgehead atoms. The Morgan fingerprint density at radius 2 is 1.83 bits per heavy atom. The van der Waals surface area contributed by atoms with Crippen molar-refractivity contribution in [2.45, 2.75) is 13.3 Å². The van der Waals surface area contributed by atoms with Gasteiger partial charge >= 0.3 is 0 Å². The van der Waals surface area contributed by atoms with Crippen molar-refractivity contribution >= 4 is 18.3 Å². The maximum atomic E-state index is 13.5. The number of rotatable bonds is 6. The quantitative estimate of drug-likeness (QED) is 0.880. The second-order valence-electron chi connectivity index (χ2n) is 5.33. The number of amides is 1. The summed E-state index contributed by atoms with van der Waals surface area (Å²) in [5.74, 6) is -0.567. The second kappa shape index (κ2) is 9.28. The second-order valence-corrected chi connectivity index (χ2v) is 5.33. The first kappa shape index (κ1) is 19.1. The Morgan fingerprint density at radius 3 is 2.43 bits per heavy atom. The van der Waals surface area contributed by atoms with E-state index in [1.165, 1.54) is 12.1 Å². The van der Waals surface area contributed by atoms with Gasteiger partial charge in [-0.1, -0.05) is 30.3 Å². The highest BCUT2D eigenvalue weighted by molar-refractivity contribution is 5.94. The normalized spacial score (nSPS) is 10.0. The largest absolute Gasteiger partial charge is 0.337 e. The van der Waals surface area contributed by atoms with Crippen molar-refractivity contribution in [2.24, 2.45) is 5.73 Å². The molecule has 23 heavy (non-hydrogen) atoms. The van der Waals surface area contributed by atoms with E-state index in [2.05, 4.69) is 0 Å². The van der Waals surface area contributed by atoms with Gasteiger partial charge in [-0.25, -0.2) is 4.39 Å². The number of nitrogens with two attached hydrogens (primary N) is 1. The monoisotopic (exact) mass is 336 g/mol. The molecule has 5 heteroatoms. The van der Waals surface area contributed by atoms with E-state index < -0.39 is 0 Å². The molecule has 0 aliphatic heterocycles. The van der Waals surface area contributed by atoms with Gasteiger partial charge in [0.15, 0.2) is 0 Å². The van der Waals surface area contributed by atoms with E-state index in [4.69, 9.17) is 5.73 Å². The fourth-order valence-electron chi connectivity index (χ4n) is 2.42. The van der Waals surface area contributed by atoms with E-state index in [1.54, 1.807) is 17.9 Å². The Morgan fingerprint density at radius 1 is 1.13 bits per heavy atom. The van der Waals surface area contributed by atoms with E-state index in [0.717, 1.165) is 17.5 Å². The van der Waals surface area contributed by atoms with Crippen molar-refractivity contribution in [3.63, 3.8) is 0 Å². The molecule has 0 unspecified atom stereocenters. The molecule has 0 radical (unpaired) electrons. The molecule has 124 valence electrons. The minimum atomic E-state index is -0.390. The van der Waals surface area contributed by atoms with Crippen molar-refractivity contribution in [3.05, 3.63) is 71.0 Å². The zero-order valence-electron chi connectivity index (χ0n) is 13.2. The average Bonchev–Trinajstić information content (AvgIpc) is 2.51. The smallest absolute Gasteiger partial charge is 0.254 e. The van der Waals surface area contributed by atoms with Gasteiger partial charge in [-0.2, -0.15) is 0 Å². The van der Waals surface area contributed by atoms with Crippen LogP contribution in [0.2, 0.25) is 0 Å². The lowest BCUT2D eigenvalue weighted by atomic mass is 10.1. The minimum Gasteiger partial charge on any atom is -0.337 e. The summed E-state index contributed by atoms with van der Waals surface area (Å²) < 4.78 is 13.5. The van der Waals surface area contributed by atoms with Crippen LogP contribution in [0.5, 0.6) is 0 Å². The van der Waals surface area contributed by atoms with Crippen LogP contribution in [0, 0.1) is 12.7 Å². The molecule has 2 rings (SSSR count). The van der Waals surface area contributed by atoms with Crippen LogP contribution in [0.1, 0.15) is 21.5 Å². The molecule has 0 aliphatic rings. The van der Waals surface area contributed by atoms with Gasteiger partial charge in [0, 0.05) is 25.2 Å². The van der Waals surface area contributed by atoms with Crippen LogP contribution >= 0.6 is 12.4 Å². The Kier molecular flexibility index (Phi) is 7.72. The Bertz CT molecular complexity index is 614. The summed E-state index contributed by atoms with van der Waals surface area (Å²) in [5, 5.41) is 0. The van der Waals surface area contributed by atoms with Gasteiger partial charge in [0.05, 0.1) is 0 Å². The molecule has 2 aromatic rings. The molecular formula is C18H22ClFN2O. The number of halogens is 2. The maximum absolute atomic E-state index is 13.5. The lowest BCUT2D eigenvalue weighted by molar-refractivity contribution is 0.0761. The number of aryl methyl sites for hydroxylation is 1. The van der Waals surface area contributed by atoms with Gasteiger partial charge in [-0.15, -0.1) is 12.4 Å². The fraction of sp³-hybridized carbons (Fsp3) is 0.278. The summed E-state index contributed by atoms with van der Waals surface area (Å²) in [6, 6.07) is 14.4. The maximum Gasteiger partial charge on any atom is 0.254 e. The standard InChI is InChI=1S/C18H21FN2O.ClH/c1-14-11-16(13-17(19)12-14)18(22)21(10-8-20)9-7-15-5-3-2-4-6-15;/h2-6,11-13H,7-10,20H2,1H3;1H. The zero-order chi connectivity index (χ0) is 15.9. The van der Waals surface area contributed by atoms with E-state index in [9.17, 15) is 9.18 Å². The number of carbonyl (C=O) groups is 1. The van der Waals surface area contributed by atoms with Gasteiger partial charge in [-0.3, -0.25) is 4.79 Å². The van der Waals surface area contributed by atoms with Gasteiger partial charge in [0.2, 0.25) is 0 Å². The molecule has 0 saturated carbocycles. The summed E-state index contributed by atoms with van der Waals surface area (Å²) in [4.78, 5) is 14.2. The van der Waals surface area contributed by atoms with Gasteiger partial charge in [0.25, 0.3) is 5.91 Å². The Balaban J connectivity index is 0.00000264. The van der Waals surface area contributed by atoms with Crippen LogP contribution in [0.25, 0.3) is 0 Å². The third kappa shape index (κ3) is 5.66. The zero-order valence-corrected chi connectivity index (χ0v) is 14.0. The first-order valence-electron chi connectivity index (χ1n) is 7.40. The molecule has 1 amide bonds. The topological polar surface area (TPSA) is 46.3 Å². The SMILES string of the molecule is Cc1cc(F)cc(C(=O)N(CCN)CCc2ccccc2)c1.Cl. The highest BCUT2D eigenvalue weighted by atomic mass is 35.5. The molecule has 0 fully saturated rings. The summed E-state index contributed by atoms with van der Waals surface area (Å²) in [6.45, 7) is 3.18. The predicted octanol–water partition coefficient (Wildman–Crippen LogP) is 3.20. The van der Waals surface area contributed by atoms with Crippen LogP contribution in [0.3, 0.4) is 0 Å². The van der Waals surface area contributed by atoms with E-state index in [1.807, 2.05) is 30.3 Å². The molecule has 0 aliphatic carbocycles.